The summed E-state index contributed by atoms with van der Waals surface area (Å²) in [6, 6.07) is 2.91. The molecule has 0 spiro atoms. The normalized spacial score (nSPS) is 20.4. The van der Waals surface area contributed by atoms with Gasteiger partial charge in [-0.2, -0.15) is 0 Å². The number of hydrogen-bond donors (Lipinski definition) is 2. The van der Waals surface area contributed by atoms with Crippen LogP contribution in [0.4, 0.5) is 0 Å². The average Bonchev–Trinajstić information content (AvgIpc) is 2.49. The Morgan fingerprint density at radius 1 is 1.30 bits per heavy atom. The zero-order valence-electron chi connectivity index (χ0n) is 12.5. The summed E-state index contributed by atoms with van der Waals surface area (Å²) in [4.78, 5) is 36.8. The van der Waals surface area contributed by atoms with Gasteiger partial charge in [0.05, 0.1) is 12.7 Å². The summed E-state index contributed by atoms with van der Waals surface area (Å²) in [5, 5.41) is 20.4. The first-order valence-electron chi connectivity index (χ1n) is 6.94. The highest BCUT2D eigenvalue weighted by molar-refractivity contribution is 6.09. The molecular weight excluding hydrogens is 304 g/mol. The van der Waals surface area contributed by atoms with Gasteiger partial charge in [-0.1, -0.05) is 0 Å². The molecule has 0 saturated heterocycles. The van der Waals surface area contributed by atoms with E-state index in [0.29, 0.717) is 5.56 Å². The Bertz CT molecular complexity index is 909. The van der Waals surface area contributed by atoms with Gasteiger partial charge in [0, 0.05) is 12.8 Å². The molecule has 1 aromatic carbocycles. The monoisotopic (exact) mass is 318 g/mol. The molecule has 23 heavy (non-hydrogen) atoms. The van der Waals surface area contributed by atoms with E-state index in [1.165, 1.54) is 6.07 Å². The third-order valence-electron chi connectivity index (χ3n) is 4.02. The third-order valence-corrected chi connectivity index (χ3v) is 4.02. The van der Waals surface area contributed by atoms with Crippen molar-refractivity contribution >= 4 is 22.7 Å². The van der Waals surface area contributed by atoms with Gasteiger partial charge in [0.2, 0.25) is 5.43 Å². The van der Waals surface area contributed by atoms with Gasteiger partial charge in [0.1, 0.15) is 22.5 Å². The number of rotatable bonds is 1. The van der Waals surface area contributed by atoms with Gasteiger partial charge in [-0.05, 0) is 24.6 Å². The number of hydrogen-bond acceptors (Lipinski definition) is 7. The van der Waals surface area contributed by atoms with Gasteiger partial charge in [0.15, 0.2) is 5.78 Å². The highest BCUT2D eigenvalue weighted by Gasteiger charge is 2.53. The molecule has 1 aliphatic rings. The van der Waals surface area contributed by atoms with Crippen molar-refractivity contribution in [2.45, 2.75) is 25.4 Å². The first-order chi connectivity index (χ1) is 10.8. The van der Waals surface area contributed by atoms with Crippen molar-refractivity contribution in [2.75, 3.05) is 7.11 Å². The Morgan fingerprint density at radius 2 is 2.00 bits per heavy atom. The van der Waals surface area contributed by atoms with E-state index in [-0.39, 0.29) is 35.3 Å². The molecule has 120 valence electrons. The van der Waals surface area contributed by atoms with E-state index in [1.807, 2.05) is 0 Å². The van der Waals surface area contributed by atoms with Crippen LogP contribution in [0.5, 0.6) is 5.75 Å². The van der Waals surface area contributed by atoms with Crippen LogP contribution in [0.25, 0.3) is 11.0 Å². The number of phenols is 1. The number of carbonyl (C=O) groups excluding carboxylic acids is 2. The molecule has 0 bridgehead atoms. The van der Waals surface area contributed by atoms with Crippen LogP contribution >= 0.6 is 0 Å². The molecule has 1 aromatic heterocycles. The highest BCUT2D eigenvalue weighted by Crippen LogP contribution is 2.35. The van der Waals surface area contributed by atoms with Gasteiger partial charge < -0.3 is 19.4 Å². The molecule has 1 aliphatic carbocycles. The highest BCUT2D eigenvalue weighted by atomic mass is 16.5. The minimum absolute atomic E-state index is 0.0417. The molecular formula is C16H14O7. The number of benzene rings is 1. The second-order valence-electron chi connectivity index (χ2n) is 5.51. The summed E-state index contributed by atoms with van der Waals surface area (Å²) in [6.07, 6.45) is -0.0851. The minimum Gasteiger partial charge on any atom is -0.507 e. The SMILES string of the molecule is COC(=O)[C@@]1(O)C(=O)CCc2oc3cc(C)cc(O)c3c(=O)c21. The van der Waals surface area contributed by atoms with Crippen molar-refractivity contribution in [1.82, 2.24) is 0 Å². The van der Waals surface area contributed by atoms with Crippen molar-refractivity contribution in [3.05, 3.63) is 39.2 Å². The quantitative estimate of drug-likeness (QED) is 0.587. The van der Waals surface area contributed by atoms with Gasteiger partial charge >= 0.3 is 5.97 Å². The summed E-state index contributed by atoms with van der Waals surface area (Å²) >= 11 is 0. The number of methoxy groups -OCH3 is 1. The van der Waals surface area contributed by atoms with Crippen LogP contribution in [0.3, 0.4) is 0 Å². The van der Waals surface area contributed by atoms with E-state index in [0.717, 1.165) is 7.11 Å². The number of Topliss-reactive ketones (excluding diaryl/α,β-unsaturated/α-hetero) is 1. The molecule has 0 unspecified atom stereocenters. The van der Waals surface area contributed by atoms with Crippen molar-refractivity contribution in [1.29, 1.82) is 0 Å². The molecule has 1 heterocycles. The van der Waals surface area contributed by atoms with Gasteiger partial charge in [-0.3, -0.25) is 9.59 Å². The number of aryl methyl sites for hydroxylation is 2. The van der Waals surface area contributed by atoms with E-state index >= 15 is 0 Å². The Kier molecular flexibility index (Phi) is 3.26. The van der Waals surface area contributed by atoms with E-state index in [4.69, 9.17) is 4.42 Å². The van der Waals surface area contributed by atoms with E-state index < -0.39 is 28.3 Å². The van der Waals surface area contributed by atoms with Crippen LogP contribution < -0.4 is 5.43 Å². The molecule has 0 aliphatic heterocycles. The number of carbonyl (C=O) groups is 2. The summed E-state index contributed by atoms with van der Waals surface area (Å²) in [6.45, 7) is 1.72. The largest absolute Gasteiger partial charge is 0.507 e. The Morgan fingerprint density at radius 3 is 2.65 bits per heavy atom. The Hall–Kier alpha value is -2.67. The maximum Gasteiger partial charge on any atom is 0.350 e. The number of ether oxygens (including phenoxy) is 1. The summed E-state index contributed by atoms with van der Waals surface area (Å²) in [5.41, 5.74) is -3.21. The number of esters is 1. The lowest BCUT2D eigenvalue weighted by Gasteiger charge is -2.28. The van der Waals surface area contributed by atoms with E-state index in [9.17, 15) is 24.6 Å². The molecule has 7 nitrogen and oxygen atoms in total. The number of ketones is 1. The van der Waals surface area contributed by atoms with Gasteiger partial charge in [0.25, 0.3) is 5.60 Å². The standard InChI is InChI=1S/C16H14O7/c1-7-5-8(17)12-10(6-7)23-9-3-4-11(18)16(21,15(20)22-2)13(9)14(12)19/h5-6,17,21H,3-4H2,1-2H3/t16-/m1/s1. The number of phenolic OH excluding ortho intramolecular Hbond substituents is 1. The first-order valence-corrected chi connectivity index (χ1v) is 6.94. The molecule has 0 fully saturated rings. The molecule has 0 saturated carbocycles. The maximum atomic E-state index is 12.7. The fraction of sp³-hybridized carbons (Fsp3) is 0.312. The van der Waals surface area contributed by atoms with Gasteiger partial charge in [-0.15, -0.1) is 0 Å². The third kappa shape index (κ3) is 1.97. The van der Waals surface area contributed by atoms with Crippen LogP contribution in [-0.4, -0.2) is 29.1 Å². The van der Waals surface area contributed by atoms with Crippen LogP contribution in [0.2, 0.25) is 0 Å². The lowest BCUT2D eigenvalue weighted by Crippen LogP contribution is -2.50. The topological polar surface area (TPSA) is 114 Å². The fourth-order valence-electron chi connectivity index (χ4n) is 2.93. The smallest absolute Gasteiger partial charge is 0.350 e. The number of fused-ring (bicyclic) bond motifs is 2. The predicted octanol–water partition coefficient (Wildman–Crippen LogP) is 0.683. The molecule has 2 aromatic rings. The second kappa shape index (κ2) is 4.92. The average molecular weight is 318 g/mol. The molecule has 3 rings (SSSR count). The summed E-state index contributed by atoms with van der Waals surface area (Å²) in [5.74, 6) is -2.39. The van der Waals surface area contributed by atoms with Crippen molar-refractivity contribution < 1.29 is 29.0 Å². The Labute approximate surface area is 130 Å². The van der Waals surface area contributed by atoms with Crippen molar-refractivity contribution in [3.63, 3.8) is 0 Å². The van der Waals surface area contributed by atoms with Crippen molar-refractivity contribution in [3.8, 4) is 5.75 Å². The summed E-state index contributed by atoms with van der Waals surface area (Å²) in [7, 11) is 1.01. The zero-order valence-corrected chi connectivity index (χ0v) is 12.5. The van der Waals surface area contributed by atoms with E-state index in [1.54, 1.807) is 13.0 Å². The van der Waals surface area contributed by atoms with Crippen LogP contribution in [0, 0.1) is 6.92 Å². The fourth-order valence-corrected chi connectivity index (χ4v) is 2.93. The molecule has 0 amide bonds. The van der Waals surface area contributed by atoms with Crippen LogP contribution in [0.15, 0.2) is 21.3 Å². The first kappa shape index (κ1) is 15.2. The van der Waals surface area contributed by atoms with Crippen LogP contribution in [-0.2, 0) is 26.3 Å². The number of aliphatic hydroxyl groups is 1. The second-order valence-corrected chi connectivity index (χ2v) is 5.51. The predicted molar refractivity (Wildman–Crippen MR) is 78.1 cm³/mol. The van der Waals surface area contributed by atoms with Crippen molar-refractivity contribution in [2.24, 2.45) is 0 Å². The summed E-state index contributed by atoms with van der Waals surface area (Å²) < 4.78 is 10.1. The maximum absolute atomic E-state index is 12.7. The lowest BCUT2D eigenvalue weighted by atomic mass is 9.80. The van der Waals surface area contributed by atoms with Crippen LogP contribution in [0.1, 0.15) is 23.3 Å². The molecule has 2 N–H and O–H groups in total. The molecule has 1 atom stereocenters. The van der Waals surface area contributed by atoms with Gasteiger partial charge in [-0.25, -0.2) is 4.79 Å². The zero-order chi connectivity index (χ0) is 16.9. The number of aromatic hydroxyl groups is 1. The molecule has 7 heteroatoms. The lowest BCUT2D eigenvalue weighted by molar-refractivity contribution is -0.170. The minimum atomic E-state index is -2.71. The molecule has 0 radical (unpaired) electrons. The Balaban J connectivity index is 2.46. The van der Waals surface area contributed by atoms with E-state index in [2.05, 4.69) is 4.74 Å².